The highest BCUT2D eigenvalue weighted by Gasteiger charge is 2.23. The molecule has 0 aliphatic carbocycles. The average Bonchev–Trinajstić information content (AvgIpc) is 1.63. The first kappa shape index (κ1) is 9.46. The number of hydrogen-bond acceptors (Lipinski definition) is 3. The van der Waals surface area contributed by atoms with E-state index in [-0.39, 0.29) is 0 Å². The van der Waals surface area contributed by atoms with E-state index in [1.54, 1.807) is 0 Å². The van der Waals surface area contributed by atoms with Gasteiger partial charge in [0, 0.05) is 4.57 Å². The van der Waals surface area contributed by atoms with E-state index in [9.17, 15) is 4.57 Å². The molecule has 0 radical (unpaired) electrons. The molecule has 2 N–H and O–H groups in total. The second-order valence-corrected chi connectivity index (χ2v) is 3.02. The van der Waals surface area contributed by atoms with Gasteiger partial charge in [-0.15, -0.1) is 9.42 Å². The van der Waals surface area contributed by atoms with Gasteiger partial charge >= 0.3 is 8.25 Å². The van der Waals surface area contributed by atoms with Crippen molar-refractivity contribution in [1.82, 2.24) is 0 Å². The number of aliphatic hydroxyl groups excluding tert-OH is 1. The summed E-state index contributed by atoms with van der Waals surface area (Å²) in [5.41, 5.74) is 0. The highest BCUT2D eigenvalue weighted by Crippen LogP contribution is 2.22. The fraction of sp³-hybridized carbons (Fsp3) is 1.00. The summed E-state index contributed by atoms with van der Waals surface area (Å²) in [4.78, 5) is 8.12. The van der Waals surface area contributed by atoms with Crippen LogP contribution in [0.2, 0.25) is 0 Å². The summed E-state index contributed by atoms with van der Waals surface area (Å²) in [6.45, 7) is 1.44. The van der Waals surface area contributed by atoms with Gasteiger partial charge in [-0.2, -0.15) is 0 Å². The maximum Gasteiger partial charge on any atom is 0.695 e. The molecule has 6 heteroatoms. The Morgan fingerprint density at radius 2 is 2.22 bits per heavy atom. The highest BCUT2D eigenvalue weighted by atomic mass is 79.9. The molecule has 54 valence electrons. The van der Waals surface area contributed by atoms with E-state index in [4.69, 9.17) is 10.00 Å². The van der Waals surface area contributed by atoms with Gasteiger partial charge in [0.1, 0.15) is 0 Å². The molecule has 0 aromatic heterocycles. The number of rotatable bonds is 3. The van der Waals surface area contributed by atoms with Gasteiger partial charge in [-0.1, -0.05) is 0 Å². The Balaban J connectivity index is 3.50. The molecule has 0 saturated carbocycles. The van der Waals surface area contributed by atoms with Crippen molar-refractivity contribution in [2.75, 3.05) is 0 Å². The lowest BCUT2D eigenvalue weighted by Gasteiger charge is -2.02. The van der Waals surface area contributed by atoms with E-state index >= 15 is 0 Å². The van der Waals surface area contributed by atoms with Crippen LogP contribution in [0.3, 0.4) is 0 Å². The molecular weight excluding hydrogens is 211 g/mol. The molecule has 0 aliphatic rings. The second-order valence-electron chi connectivity index (χ2n) is 1.44. The van der Waals surface area contributed by atoms with Crippen LogP contribution in [0, 0.1) is 0 Å². The predicted octanol–water partition coefficient (Wildman–Crippen LogP) is 0.754. The Labute approximate surface area is 61.9 Å². The smallest absolute Gasteiger partial charge is 0.390 e. The molecule has 1 unspecified atom stereocenters. The first-order valence-electron chi connectivity index (χ1n) is 2.19. The number of halogens is 1. The molecule has 0 amide bonds. The molecule has 0 heterocycles. The lowest BCUT2D eigenvalue weighted by atomic mass is 10.5. The maximum absolute atomic E-state index is 9.90. The predicted molar refractivity (Wildman–Crippen MR) is 35.3 cm³/mol. The molecule has 4 nitrogen and oxygen atoms in total. The fourth-order valence-electron chi connectivity index (χ4n) is 0.174. The quantitative estimate of drug-likeness (QED) is 0.541. The molecule has 0 bridgehead atoms. The zero-order chi connectivity index (χ0) is 7.44. The van der Waals surface area contributed by atoms with E-state index < -0.39 is 19.4 Å². The van der Waals surface area contributed by atoms with E-state index in [0.717, 1.165) is 0 Å². The van der Waals surface area contributed by atoms with Crippen molar-refractivity contribution in [3.8, 4) is 0 Å². The van der Waals surface area contributed by atoms with E-state index in [1.165, 1.54) is 6.92 Å². The minimum atomic E-state index is -2.63. The second kappa shape index (κ2) is 4.30. The number of aliphatic hydroxyl groups is 1. The largest absolute Gasteiger partial charge is 0.695 e. The van der Waals surface area contributed by atoms with Gasteiger partial charge in [0.25, 0.3) is 0 Å². The summed E-state index contributed by atoms with van der Waals surface area (Å²) in [6, 6.07) is 0. The van der Waals surface area contributed by atoms with Crippen molar-refractivity contribution in [2.45, 2.75) is 18.0 Å². The Kier molecular flexibility index (Phi) is 4.52. The molecule has 3 atom stereocenters. The SMILES string of the molecule is C[C@@H](O)[C@H](Br)O[P+](=O)O. The Bertz CT molecular complexity index is 106. The van der Waals surface area contributed by atoms with Crippen molar-refractivity contribution in [2.24, 2.45) is 0 Å². The Hall–Kier alpha value is 0.460. The van der Waals surface area contributed by atoms with Crippen LogP contribution in [-0.2, 0) is 9.09 Å². The zero-order valence-corrected chi connectivity index (χ0v) is 7.17. The van der Waals surface area contributed by atoms with Gasteiger partial charge in [0.05, 0.1) is 6.10 Å². The third-order valence-electron chi connectivity index (χ3n) is 0.570. The van der Waals surface area contributed by atoms with Gasteiger partial charge in [0.15, 0.2) is 5.01 Å². The topological polar surface area (TPSA) is 66.8 Å². The molecule has 0 aliphatic heterocycles. The molecule has 0 rings (SSSR count). The molecule has 0 spiro atoms. The van der Waals surface area contributed by atoms with Crippen molar-refractivity contribution in [3.63, 3.8) is 0 Å². The standard InChI is InChI=1S/C3H6BrO4P/c1-2(5)3(4)8-9(6)7/h2-3,5H,1H3/p+1/t2-,3-/m1/s1. The van der Waals surface area contributed by atoms with Gasteiger partial charge in [-0.25, -0.2) is 0 Å². The third-order valence-corrected chi connectivity index (χ3v) is 2.22. The molecule has 9 heavy (non-hydrogen) atoms. The highest BCUT2D eigenvalue weighted by molar-refractivity contribution is 9.09. The van der Waals surface area contributed by atoms with Crippen LogP contribution < -0.4 is 0 Å². The van der Waals surface area contributed by atoms with Crippen molar-refractivity contribution < 1.29 is 19.1 Å². The minimum Gasteiger partial charge on any atom is -0.390 e. The van der Waals surface area contributed by atoms with E-state index in [0.29, 0.717) is 0 Å². The zero-order valence-electron chi connectivity index (χ0n) is 4.69. The molecule has 0 saturated heterocycles. The summed E-state index contributed by atoms with van der Waals surface area (Å²) in [5.74, 6) is 0. The van der Waals surface area contributed by atoms with Gasteiger partial charge in [0.2, 0.25) is 0 Å². The Morgan fingerprint density at radius 1 is 1.78 bits per heavy atom. The van der Waals surface area contributed by atoms with Crippen LogP contribution in [0.5, 0.6) is 0 Å². The lowest BCUT2D eigenvalue weighted by molar-refractivity contribution is 0.102. The van der Waals surface area contributed by atoms with Crippen molar-refractivity contribution >= 4 is 24.2 Å². The number of alkyl halides is 1. The maximum atomic E-state index is 9.90. The van der Waals surface area contributed by atoms with Crippen LogP contribution in [0.4, 0.5) is 0 Å². The van der Waals surface area contributed by atoms with E-state index in [2.05, 4.69) is 20.5 Å². The van der Waals surface area contributed by atoms with Gasteiger partial charge < -0.3 is 5.11 Å². The average molecular weight is 218 g/mol. The van der Waals surface area contributed by atoms with Crippen LogP contribution in [0.1, 0.15) is 6.92 Å². The van der Waals surface area contributed by atoms with Gasteiger partial charge in [-0.05, 0) is 22.9 Å². The summed E-state index contributed by atoms with van der Waals surface area (Å²) in [5, 5.41) is 7.89. The Morgan fingerprint density at radius 3 is 2.33 bits per heavy atom. The number of hydrogen-bond donors (Lipinski definition) is 2. The van der Waals surface area contributed by atoms with Crippen molar-refractivity contribution in [3.05, 3.63) is 0 Å². The minimum absolute atomic E-state index is 0.772. The van der Waals surface area contributed by atoms with Gasteiger partial charge in [-0.3, -0.25) is 0 Å². The monoisotopic (exact) mass is 217 g/mol. The molecule has 0 fully saturated rings. The van der Waals surface area contributed by atoms with Crippen LogP contribution in [-0.4, -0.2) is 21.1 Å². The lowest BCUT2D eigenvalue weighted by Crippen LogP contribution is -2.16. The first-order valence-corrected chi connectivity index (χ1v) is 4.23. The summed E-state index contributed by atoms with van der Waals surface area (Å²) < 4.78 is 14.1. The summed E-state index contributed by atoms with van der Waals surface area (Å²) >= 11 is 2.83. The summed E-state index contributed by atoms with van der Waals surface area (Å²) in [7, 11) is -2.63. The van der Waals surface area contributed by atoms with Crippen LogP contribution >= 0.6 is 24.2 Å². The van der Waals surface area contributed by atoms with Crippen LogP contribution in [0.25, 0.3) is 0 Å². The van der Waals surface area contributed by atoms with Crippen molar-refractivity contribution in [1.29, 1.82) is 0 Å². The van der Waals surface area contributed by atoms with Crippen LogP contribution in [0.15, 0.2) is 0 Å². The molecule has 0 aromatic carbocycles. The summed E-state index contributed by atoms with van der Waals surface area (Å²) in [6.07, 6.45) is -0.795. The first-order chi connectivity index (χ1) is 4.04. The normalized spacial score (nSPS) is 18.9. The fourth-order valence-corrected chi connectivity index (χ4v) is 0.952. The molecule has 0 aromatic rings. The molecular formula is C3H7BrO4P+. The van der Waals surface area contributed by atoms with E-state index in [1.807, 2.05) is 0 Å². The third kappa shape index (κ3) is 4.93.